The maximum atomic E-state index is 13.1. The van der Waals surface area contributed by atoms with Gasteiger partial charge in [0.1, 0.15) is 11.5 Å². The first-order valence-corrected chi connectivity index (χ1v) is 17.0. The summed E-state index contributed by atoms with van der Waals surface area (Å²) in [7, 11) is 0. The molecule has 1 heterocycles. The molecular formula is C38H43NO7S. The minimum Gasteiger partial charge on any atom is -0.494 e. The van der Waals surface area contributed by atoms with Crippen molar-refractivity contribution >= 4 is 29.2 Å². The second-order valence-corrected chi connectivity index (χ2v) is 12.3. The molecule has 0 atom stereocenters. The highest BCUT2D eigenvalue weighted by Crippen LogP contribution is 2.31. The van der Waals surface area contributed by atoms with Crippen molar-refractivity contribution in [3.63, 3.8) is 0 Å². The predicted molar refractivity (Wildman–Crippen MR) is 185 cm³/mol. The van der Waals surface area contributed by atoms with Gasteiger partial charge in [-0.1, -0.05) is 55.3 Å². The highest BCUT2D eigenvalue weighted by atomic mass is 32.1. The Hall–Kier alpha value is -4.63. The Bertz CT molecular complexity index is 1620. The summed E-state index contributed by atoms with van der Waals surface area (Å²) < 4.78 is 12.0. The second-order valence-electron chi connectivity index (χ2n) is 11.5. The van der Waals surface area contributed by atoms with Gasteiger partial charge < -0.3 is 25.0 Å². The van der Waals surface area contributed by atoms with Crippen LogP contribution in [0.3, 0.4) is 0 Å². The van der Waals surface area contributed by atoms with Crippen LogP contribution in [-0.2, 0) is 29.0 Å². The molecule has 0 saturated heterocycles. The van der Waals surface area contributed by atoms with Crippen molar-refractivity contribution in [1.29, 1.82) is 0 Å². The maximum Gasteiger partial charge on any atom is 0.303 e. The van der Waals surface area contributed by atoms with Gasteiger partial charge in [0.05, 0.1) is 13.2 Å². The van der Waals surface area contributed by atoms with E-state index in [0.29, 0.717) is 43.1 Å². The molecule has 9 heteroatoms. The van der Waals surface area contributed by atoms with Crippen molar-refractivity contribution in [1.82, 2.24) is 5.32 Å². The number of unbranched alkanes of at least 4 members (excludes halogenated alkanes) is 3. The van der Waals surface area contributed by atoms with Crippen LogP contribution >= 0.6 is 11.3 Å². The van der Waals surface area contributed by atoms with Gasteiger partial charge in [0.2, 0.25) is 0 Å². The van der Waals surface area contributed by atoms with Gasteiger partial charge in [0, 0.05) is 24.9 Å². The maximum absolute atomic E-state index is 13.1. The molecule has 1 aromatic heterocycles. The Balaban J connectivity index is 1.30. The van der Waals surface area contributed by atoms with Gasteiger partial charge in [-0.15, -0.1) is 0 Å². The van der Waals surface area contributed by atoms with E-state index in [1.54, 1.807) is 17.4 Å². The lowest BCUT2D eigenvalue weighted by atomic mass is 9.97. The molecule has 0 aliphatic heterocycles. The summed E-state index contributed by atoms with van der Waals surface area (Å²) in [5.74, 6) is -0.581. The van der Waals surface area contributed by atoms with E-state index >= 15 is 0 Å². The quantitative estimate of drug-likeness (QED) is 0.0821. The Kier molecular flexibility index (Phi) is 13.9. The second kappa shape index (κ2) is 18.5. The van der Waals surface area contributed by atoms with Crippen molar-refractivity contribution in [3.8, 4) is 22.6 Å². The fourth-order valence-electron chi connectivity index (χ4n) is 5.37. The number of carboxylic acid groups (broad SMARTS) is 2. The van der Waals surface area contributed by atoms with Gasteiger partial charge in [-0.25, -0.2) is 0 Å². The first-order valence-electron chi connectivity index (χ1n) is 16.1. The first kappa shape index (κ1) is 35.2. The van der Waals surface area contributed by atoms with E-state index in [1.165, 1.54) is 0 Å². The zero-order valence-electron chi connectivity index (χ0n) is 26.8. The summed E-state index contributed by atoms with van der Waals surface area (Å²) in [5, 5.41) is 25.3. The summed E-state index contributed by atoms with van der Waals surface area (Å²) in [6.07, 6.45) is 5.31. The van der Waals surface area contributed by atoms with Crippen LogP contribution in [-0.4, -0.2) is 41.3 Å². The lowest BCUT2D eigenvalue weighted by molar-refractivity contribution is -0.138. The fourth-order valence-corrected chi connectivity index (χ4v) is 6.23. The first-order chi connectivity index (χ1) is 22.8. The fraction of sp³-hybridized carbons (Fsp3) is 0.342. The van der Waals surface area contributed by atoms with E-state index in [-0.39, 0.29) is 25.4 Å². The van der Waals surface area contributed by atoms with Gasteiger partial charge >= 0.3 is 11.9 Å². The normalized spacial score (nSPS) is 10.8. The minimum absolute atomic E-state index is 0.00339. The summed E-state index contributed by atoms with van der Waals surface area (Å²) in [6, 6.07) is 21.3. The molecule has 1 amide bonds. The third kappa shape index (κ3) is 11.6. The molecule has 0 unspecified atom stereocenters. The van der Waals surface area contributed by atoms with Crippen LogP contribution in [0.15, 0.2) is 77.5 Å². The number of amides is 1. The van der Waals surface area contributed by atoms with Gasteiger partial charge in [-0.05, 0) is 107 Å². The number of aliphatic carboxylic acids is 2. The molecule has 0 aliphatic carbocycles. The molecular weight excluding hydrogens is 614 g/mol. The van der Waals surface area contributed by atoms with Crippen LogP contribution in [0.2, 0.25) is 0 Å². The number of benzene rings is 3. The number of ether oxygens (including phenoxy) is 2. The van der Waals surface area contributed by atoms with Crippen molar-refractivity contribution in [2.24, 2.45) is 0 Å². The topological polar surface area (TPSA) is 122 Å². The zero-order valence-corrected chi connectivity index (χ0v) is 27.7. The van der Waals surface area contributed by atoms with Gasteiger partial charge in [-0.2, -0.15) is 11.3 Å². The molecule has 0 radical (unpaired) electrons. The van der Waals surface area contributed by atoms with Crippen LogP contribution in [0.5, 0.6) is 11.5 Å². The molecule has 248 valence electrons. The number of aryl methyl sites for hydroxylation is 2. The third-order valence-corrected chi connectivity index (χ3v) is 8.71. The monoisotopic (exact) mass is 657 g/mol. The average Bonchev–Trinajstić information content (AvgIpc) is 3.50. The van der Waals surface area contributed by atoms with Crippen molar-refractivity contribution in [2.45, 2.75) is 71.3 Å². The van der Waals surface area contributed by atoms with Crippen molar-refractivity contribution in [3.05, 3.63) is 105 Å². The molecule has 3 aromatic carbocycles. The lowest BCUT2D eigenvalue weighted by Crippen LogP contribution is -2.22. The lowest BCUT2D eigenvalue weighted by Gasteiger charge is -2.15. The van der Waals surface area contributed by atoms with Crippen LogP contribution in [0, 0.1) is 6.92 Å². The van der Waals surface area contributed by atoms with Gasteiger partial charge in [-0.3, -0.25) is 14.4 Å². The summed E-state index contributed by atoms with van der Waals surface area (Å²) in [4.78, 5) is 35.2. The van der Waals surface area contributed by atoms with Gasteiger partial charge in [0.25, 0.3) is 5.91 Å². The standard InChI is InChI=1S/C38H43NO7S/c1-27-25-47-26-34(27)30-21-31(38(44)39-24-28-11-5-4-6-12-28)23-32(22-30)45-19-8-3-2-7-13-29-14-9-15-35(33(29)17-18-37(42)43)46-20-10-16-36(40)41/h4-6,9,11-12,14-15,21-23,25-26H,2-3,7-8,10,13,16-20,24H2,1H3,(H,39,44)(H,40,41)(H,42,43). The molecule has 4 rings (SSSR count). The molecule has 4 aromatic rings. The summed E-state index contributed by atoms with van der Waals surface area (Å²) in [6.45, 7) is 3.31. The molecule has 0 fully saturated rings. The van der Waals surface area contributed by atoms with Crippen molar-refractivity contribution in [2.75, 3.05) is 13.2 Å². The zero-order chi connectivity index (χ0) is 33.4. The van der Waals surface area contributed by atoms with Crippen LogP contribution < -0.4 is 14.8 Å². The number of carbonyl (C=O) groups excluding carboxylic acids is 1. The molecule has 47 heavy (non-hydrogen) atoms. The highest BCUT2D eigenvalue weighted by Gasteiger charge is 2.14. The van der Waals surface area contributed by atoms with Crippen LogP contribution in [0.25, 0.3) is 11.1 Å². The summed E-state index contributed by atoms with van der Waals surface area (Å²) in [5.41, 5.74) is 6.75. The van der Waals surface area contributed by atoms with Gasteiger partial charge in [0.15, 0.2) is 0 Å². The van der Waals surface area contributed by atoms with Crippen LogP contribution in [0.4, 0.5) is 0 Å². The Morgan fingerprint density at radius 3 is 2.28 bits per heavy atom. The molecule has 0 bridgehead atoms. The minimum atomic E-state index is -0.868. The number of nitrogens with one attached hydrogen (secondary N) is 1. The number of hydrogen-bond donors (Lipinski definition) is 3. The molecule has 8 nitrogen and oxygen atoms in total. The molecule has 0 spiro atoms. The number of hydrogen-bond acceptors (Lipinski definition) is 6. The Morgan fingerprint density at radius 1 is 0.766 bits per heavy atom. The van der Waals surface area contributed by atoms with E-state index < -0.39 is 11.9 Å². The number of rotatable bonds is 20. The molecule has 3 N–H and O–H groups in total. The van der Waals surface area contributed by atoms with E-state index in [4.69, 9.17) is 14.6 Å². The van der Waals surface area contributed by atoms with E-state index in [2.05, 4.69) is 23.0 Å². The predicted octanol–water partition coefficient (Wildman–Crippen LogP) is 8.10. The highest BCUT2D eigenvalue weighted by molar-refractivity contribution is 7.08. The number of carbonyl (C=O) groups is 3. The smallest absolute Gasteiger partial charge is 0.303 e. The van der Waals surface area contributed by atoms with Crippen LogP contribution in [0.1, 0.15) is 77.6 Å². The summed E-state index contributed by atoms with van der Waals surface area (Å²) >= 11 is 1.63. The van der Waals surface area contributed by atoms with E-state index in [0.717, 1.165) is 65.5 Å². The average molecular weight is 658 g/mol. The largest absolute Gasteiger partial charge is 0.494 e. The number of carboxylic acids is 2. The van der Waals surface area contributed by atoms with E-state index in [1.807, 2.05) is 60.7 Å². The van der Waals surface area contributed by atoms with E-state index in [9.17, 15) is 19.5 Å². The van der Waals surface area contributed by atoms with Crippen molar-refractivity contribution < 1.29 is 34.1 Å². The number of thiophene rings is 1. The SMILES string of the molecule is Cc1cscc1-c1cc(OCCCCCCc2cccc(OCCCC(=O)O)c2CCC(=O)O)cc(C(=O)NCc2ccccc2)c1. The third-order valence-electron chi connectivity index (χ3n) is 7.85. The molecule has 0 aliphatic rings. The molecule has 0 saturated carbocycles. The Labute approximate surface area is 280 Å². The Morgan fingerprint density at radius 2 is 1.53 bits per heavy atom.